The van der Waals surface area contributed by atoms with Crippen LogP contribution in [0, 0.1) is 46.3 Å². The second-order valence-corrected chi connectivity index (χ2v) is 15.0. The van der Waals surface area contributed by atoms with Gasteiger partial charge in [0.15, 0.2) is 0 Å². The highest BCUT2D eigenvalue weighted by atomic mass is 16.5. The van der Waals surface area contributed by atoms with Gasteiger partial charge in [-0.15, -0.1) is 0 Å². The predicted octanol–water partition coefficient (Wildman–Crippen LogP) is 10.5. The van der Waals surface area contributed by atoms with Crippen molar-refractivity contribution in [1.29, 1.82) is 0 Å². The molecule has 40 heavy (non-hydrogen) atoms. The third kappa shape index (κ3) is 6.70. The molecule has 8 atom stereocenters. The molecular formula is C37H67NO2. The Morgan fingerprint density at radius 2 is 1.77 bits per heavy atom. The highest BCUT2D eigenvalue weighted by molar-refractivity contribution is 5.82. The summed E-state index contributed by atoms with van der Waals surface area (Å²) in [5.74, 6) is 5.08. The van der Waals surface area contributed by atoms with Crippen molar-refractivity contribution in [3.8, 4) is 0 Å². The van der Waals surface area contributed by atoms with Crippen LogP contribution in [0.25, 0.3) is 0 Å². The third-order valence-corrected chi connectivity index (χ3v) is 12.4. The average molecular weight is 558 g/mol. The van der Waals surface area contributed by atoms with E-state index in [1.807, 2.05) is 20.0 Å². The first-order chi connectivity index (χ1) is 19.2. The van der Waals surface area contributed by atoms with Gasteiger partial charge in [-0.25, -0.2) is 4.79 Å². The molecule has 5 rings (SSSR count). The summed E-state index contributed by atoms with van der Waals surface area (Å²) in [6.45, 7) is 18.7. The van der Waals surface area contributed by atoms with E-state index in [1.165, 1.54) is 77.0 Å². The van der Waals surface area contributed by atoms with Crippen molar-refractivity contribution in [2.45, 2.75) is 144 Å². The Morgan fingerprint density at radius 1 is 1.02 bits per heavy atom. The molecular weight excluding hydrogens is 490 g/mol. The van der Waals surface area contributed by atoms with Crippen LogP contribution in [0.4, 0.5) is 0 Å². The molecule has 1 aliphatic heterocycles. The number of esters is 1. The van der Waals surface area contributed by atoms with E-state index in [0.29, 0.717) is 10.8 Å². The van der Waals surface area contributed by atoms with Gasteiger partial charge in [-0.3, -0.25) is 0 Å². The fourth-order valence-electron chi connectivity index (χ4n) is 10.2. The van der Waals surface area contributed by atoms with Gasteiger partial charge >= 0.3 is 5.97 Å². The summed E-state index contributed by atoms with van der Waals surface area (Å²) in [5.41, 5.74) is 2.48. The summed E-state index contributed by atoms with van der Waals surface area (Å²) < 4.78 is 5.99. The van der Waals surface area contributed by atoms with Crippen LogP contribution >= 0.6 is 0 Å². The highest BCUT2D eigenvalue weighted by Gasteiger charge is 2.59. The van der Waals surface area contributed by atoms with Crippen LogP contribution in [-0.2, 0) is 9.53 Å². The van der Waals surface area contributed by atoms with E-state index >= 15 is 0 Å². The summed E-state index contributed by atoms with van der Waals surface area (Å²) in [6, 6.07) is 0. The Hall–Kier alpha value is -1.25. The normalized spacial score (nSPS) is 38.0. The molecule has 0 amide bonds. The Balaban J connectivity index is 0.00000151. The summed E-state index contributed by atoms with van der Waals surface area (Å²) in [7, 11) is 0. The summed E-state index contributed by atoms with van der Waals surface area (Å²) in [4.78, 5) is 14.9. The fraction of sp³-hybridized carbons (Fsp3) is 0.865. The number of rotatable bonds is 8. The molecule has 4 fully saturated rings. The Bertz CT molecular complexity index is 896. The molecule has 4 aliphatic carbocycles. The highest BCUT2D eigenvalue weighted by Crippen LogP contribution is 2.67. The molecule has 0 aromatic carbocycles. The maximum Gasteiger partial charge on any atom is 0.332 e. The van der Waals surface area contributed by atoms with Crippen LogP contribution in [0.5, 0.6) is 0 Å². The van der Waals surface area contributed by atoms with Crippen LogP contribution in [0.2, 0.25) is 0 Å². The number of carbonyl (C=O) groups is 1. The van der Waals surface area contributed by atoms with Gasteiger partial charge in [0, 0.05) is 34.6 Å². The van der Waals surface area contributed by atoms with E-state index in [0.717, 1.165) is 61.4 Å². The van der Waals surface area contributed by atoms with E-state index in [-0.39, 0.29) is 14.9 Å². The molecule has 3 saturated carbocycles. The van der Waals surface area contributed by atoms with Crippen molar-refractivity contribution < 1.29 is 12.4 Å². The van der Waals surface area contributed by atoms with Crippen molar-refractivity contribution in [3.63, 3.8) is 0 Å². The lowest BCUT2D eigenvalue weighted by Crippen LogP contribution is -2.51. The molecule has 0 aromatic heterocycles. The SMILES string of the molecule is CC.CC(C)CCC[C@@H](C)[C@H]1CCC2[C@@H]3CC=C4C[C@@H](OC(=O)/C=C/N5CCCCC5)CC[C@]4(C)C3CC[C@@]21C.[HH].[HH]. The van der Waals surface area contributed by atoms with Crippen LogP contribution in [-0.4, -0.2) is 30.1 Å². The maximum atomic E-state index is 12.6. The number of fused-ring (bicyclic) bond motifs is 5. The van der Waals surface area contributed by atoms with Crippen molar-refractivity contribution in [1.82, 2.24) is 4.90 Å². The lowest BCUT2D eigenvalue weighted by molar-refractivity contribution is -0.145. The molecule has 0 bridgehead atoms. The number of nitrogens with zero attached hydrogens (tertiary/aromatic N) is 1. The largest absolute Gasteiger partial charge is 0.459 e. The van der Waals surface area contributed by atoms with Gasteiger partial charge in [-0.05, 0) is 111 Å². The maximum absolute atomic E-state index is 12.6. The quantitative estimate of drug-likeness (QED) is 0.169. The van der Waals surface area contributed by atoms with Crippen LogP contribution in [0.15, 0.2) is 23.9 Å². The number of ether oxygens (including phenoxy) is 1. The molecule has 5 aliphatic rings. The van der Waals surface area contributed by atoms with Gasteiger partial charge in [-0.1, -0.05) is 79.4 Å². The van der Waals surface area contributed by atoms with Crippen molar-refractivity contribution in [3.05, 3.63) is 23.9 Å². The zero-order chi connectivity index (χ0) is 28.9. The third-order valence-electron chi connectivity index (χ3n) is 12.4. The first-order valence-corrected chi connectivity index (χ1v) is 17.5. The summed E-state index contributed by atoms with van der Waals surface area (Å²) in [5, 5.41) is 0. The minimum absolute atomic E-state index is 0. The number of likely N-dealkylation sites (tertiary alicyclic amines) is 1. The lowest BCUT2D eigenvalue weighted by Gasteiger charge is -2.58. The van der Waals surface area contributed by atoms with Gasteiger partial charge in [0.05, 0.1) is 0 Å². The number of carbonyl (C=O) groups excluding carboxylic acids is 1. The minimum atomic E-state index is -0.147. The second-order valence-electron chi connectivity index (χ2n) is 15.0. The predicted molar refractivity (Wildman–Crippen MR) is 173 cm³/mol. The molecule has 0 spiro atoms. The minimum Gasteiger partial charge on any atom is -0.459 e. The van der Waals surface area contributed by atoms with E-state index in [4.69, 9.17) is 4.74 Å². The van der Waals surface area contributed by atoms with E-state index < -0.39 is 0 Å². The average Bonchev–Trinajstić information content (AvgIpc) is 3.31. The van der Waals surface area contributed by atoms with Crippen molar-refractivity contribution in [2.24, 2.45) is 46.3 Å². The van der Waals surface area contributed by atoms with Gasteiger partial charge in [0.25, 0.3) is 0 Å². The van der Waals surface area contributed by atoms with E-state index in [1.54, 1.807) is 11.6 Å². The van der Waals surface area contributed by atoms with Gasteiger partial charge < -0.3 is 9.64 Å². The fourth-order valence-corrected chi connectivity index (χ4v) is 10.2. The standard InChI is InChI=1S/C35H57NO2.C2H6.2H2/c1-25(2)10-9-11-26(3)30-14-15-31-29-13-12-27-24-28(38-33(37)18-23-36-21-7-6-8-22-36)16-19-34(27,4)32(29)17-20-35(30,31)5;1-2;;/h12,18,23,25-26,28-32H,6-11,13-17,19-22,24H2,1-5H3;1-2H3;2*1H/b23-18+;;;/t26-,28+,29+,30-,31?,32?,34+,35-;;;/m1.../s1. The molecule has 2 unspecified atom stereocenters. The zero-order valence-corrected chi connectivity index (χ0v) is 27.4. The first-order valence-electron chi connectivity index (χ1n) is 17.5. The van der Waals surface area contributed by atoms with Gasteiger partial charge in [0.2, 0.25) is 0 Å². The zero-order valence-electron chi connectivity index (χ0n) is 27.4. The smallest absolute Gasteiger partial charge is 0.332 e. The van der Waals surface area contributed by atoms with Gasteiger partial charge in [-0.2, -0.15) is 0 Å². The Morgan fingerprint density at radius 3 is 2.50 bits per heavy atom. The molecule has 3 nitrogen and oxygen atoms in total. The van der Waals surface area contributed by atoms with Gasteiger partial charge in [0.1, 0.15) is 6.10 Å². The van der Waals surface area contributed by atoms with Crippen molar-refractivity contribution >= 4 is 5.97 Å². The number of allylic oxidation sites excluding steroid dienone is 1. The number of hydrogen-bond donors (Lipinski definition) is 0. The van der Waals surface area contributed by atoms with Crippen LogP contribution in [0.3, 0.4) is 0 Å². The Labute approximate surface area is 250 Å². The van der Waals surface area contributed by atoms with E-state index in [2.05, 4.69) is 45.6 Å². The molecule has 232 valence electrons. The molecule has 0 N–H and O–H groups in total. The lowest BCUT2D eigenvalue weighted by atomic mass is 9.47. The topological polar surface area (TPSA) is 29.5 Å². The molecule has 3 heteroatoms. The first kappa shape index (κ1) is 31.7. The van der Waals surface area contributed by atoms with Crippen LogP contribution < -0.4 is 0 Å². The molecule has 1 heterocycles. The van der Waals surface area contributed by atoms with Crippen LogP contribution in [0.1, 0.15) is 141 Å². The second kappa shape index (κ2) is 13.8. The Kier molecular flexibility index (Phi) is 10.9. The monoisotopic (exact) mass is 558 g/mol. The molecule has 1 saturated heterocycles. The summed E-state index contributed by atoms with van der Waals surface area (Å²) >= 11 is 0. The van der Waals surface area contributed by atoms with Crippen molar-refractivity contribution in [2.75, 3.05) is 13.1 Å². The molecule has 0 aromatic rings. The van der Waals surface area contributed by atoms with E-state index in [9.17, 15) is 4.79 Å². The summed E-state index contributed by atoms with van der Waals surface area (Å²) in [6.07, 6.45) is 24.5. The number of hydrogen-bond acceptors (Lipinski definition) is 3. The number of piperidine rings is 1. The molecule has 0 radical (unpaired) electrons.